The average Bonchev–Trinajstić information content (AvgIpc) is 3.46. The van der Waals surface area contributed by atoms with Crippen LogP contribution < -0.4 is 0 Å². The number of hydrogen-bond donors (Lipinski definition) is 1. The van der Waals surface area contributed by atoms with Crippen LogP contribution in [0.3, 0.4) is 0 Å². The molecule has 2 aromatic heterocycles. The highest BCUT2D eigenvalue weighted by molar-refractivity contribution is 6.31. The summed E-state index contributed by atoms with van der Waals surface area (Å²) in [4.78, 5) is 9.09. The van der Waals surface area contributed by atoms with Crippen molar-refractivity contribution in [3.05, 3.63) is 93.9 Å². The molecule has 234 valence electrons. The zero-order valence-corrected chi connectivity index (χ0v) is 28.4. The predicted molar refractivity (Wildman–Crippen MR) is 186 cm³/mol. The lowest BCUT2D eigenvalue weighted by Crippen LogP contribution is -2.48. The van der Waals surface area contributed by atoms with E-state index in [1.807, 2.05) is 53.7 Å². The van der Waals surface area contributed by atoms with Gasteiger partial charge in [-0.1, -0.05) is 87.8 Å². The van der Waals surface area contributed by atoms with Gasteiger partial charge in [-0.15, -0.1) is 0 Å². The van der Waals surface area contributed by atoms with Gasteiger partial charge in [0, 0.05) is 69.2 Å². The molecule has 1 fully saturated rings. The Morgan fingerprint density at radius 3 is 2.16 bits per heavy atom. The van der Waals surface area contributed by atoms with Crippen molar-refractivity contribution >= 4 is 34.7 Å². The fraction of sp³-hybridized carbons (Fsp3) is 0.444. The van der Waals surface area contributed by atoms with Crippen LogP contribution in [0.25, 0.3) is 23.1 Å². The number of hydrogen-bond acceptors (Lipinski definition) is 5. The Morgan fingerprint density at radius 1 is 0.907 bits per heavy atom. The van der Waals surface area contributed by atoms with Crippen LogP contribution in [0.1, 0.15) is 82.5 Å². The molecule has 0 radical (unpaired) electrons. The van der Waals surface area contributed by atoms with Crippen LogP contribution >= 0.6 is 11.6 Å². The summed E-state index contributed by atoms with van der Waals surface area (Å²) < 4.78 is 5.19. The number of aryl methyl sites for hydroxylation is 1. The van der Waals surface area contributed by atoms with Gasteiger partial charge in [0.2, 0.25) is 0 Å². The minimum Gasteiger partial charge on any atom is -0.377 e. The third-order valence-electron chi connectivity index (χ3n) is 7.35. The van der Waals surface area contributed by atoms with E-state index < -0.39 is 0 Å². The van der Waals surface area contributed by atoms with E-state index in [-0.39, 0.29) is 6.10 Å². The number of H-pyrrole nitrogens is 1. The van der Waals surface area contributed by atoms with E-state index >= 15 is 0 Å². The number of ether oxygens (including phenoxy) is 1. The lowest BCUT2D eigenvalue weighted by molar-refractivity contribution is 0.104. The first-order chi connectivity index (χ1) is 20.9. The summed E-state index contributed by atoms with van der Waals surface area (Å²) in [5, 5.41) is 9.31. The van der Waals surface area contributed by atoms with Gasteiger partial charge in [-0.25, -0.2) is 0 Å². The van der Waals surface area contributed by atoms with Gasteiger partial charge in [0.05, 0.1) is 22.3 Å². The molecule has 43 heavy (non-hydrogen) atoms. The second kappa shape index (κ2) is 19.3. The molecular formula is C36H52ClN5O. The number of piperazine rings is 1. The highest BCUT2D eigenvalue weighted by atomic mass is 35.5. The van der Waals surface area contributed by atoms with Crippen LogP contribution in [-0.4, -0.2) is 64.3 Å². The molecule has 0 spiro atoms. The first-order valence-electron chi connectivity index (χ1n) is 15.6. The maximum absolute atomic E-state index is 5.96. The summed E-state index contributed by atoms with van der Waals surface area (Å²) in [6.45, 7) is 22.2. The number of aromatic nitrogens is 3. The molecule has 1 aliphatic heterocycles. The Morgan fingerprint density at radius 2 is 1.56 bits per heavy atom. The summed E-state index contributed by atoms with van der Waals surface area (Å²) in [7, 11) is 1.67. The van der Waals surface area contributed by atoms with Crippen molar-refractivity contribution in [1.29, 1.82) is 0 Å². The molecule has 0 saturated carbocycles. The fourth-order valence-electron chi connectivity index (χ4n) is 4.89. The first-order valence-corrected chi connectivity index (χ1v) is 16.0. The number of pyridine rings is 1. The summed E-state index contributed by atoms with van der Waals surface area (Å²) >= 11 is 5.96. The highest BCUT2D eigenvalue weighted by Gasteiger charge is 2.18. The zero-order chi connectivity index (χ0) is 31.8. The SMILES string of the molecule is CC.CC.CC(C)N1CCN(Cc2ccc(/C=C/c3n[nH]c4ccccc34)cc2)CC1.COC(C)c1c(C)cncc1Cl. The average molecular weight is 606 g/mol. The molecule has 1 atom stereocenters. The quantitative estimate of drug-likeness (QED) is 0.228. The molecule has 1 unspecified atom stereocenters. The first kappa shape index (κ1) is 36.2. The minimum absolute atomic E-state index is 0.0282. The molecule has 7 heteroatoms. The number of para-hydroxylation sites is 1. The van der Waals surface area contributed by atoms with E-state index in [9.17, 15) is 0 Å². The van der Waals surface area contributed by atoms with Gasteiger partial charge in [-0.2, -0.15) is 5.10 Å². The molecule has 1 saturated heterocycles. The van der Waals surface area contributed by atoms with E-state index in [2.05, 4.69) is 87.4 Å². The van der Waals surface area contributed by atoms with E-state index in [0.717, 1.165) is 47.4 Å². The van der Waals surface area contributed by atoms with Crippen LogP contribution in [0, 0.1) is 6.92 Å². The van der Waals surface area contributed by atoms with Crippen molar-refractivity contribution in [2.24, 2.45) is 0 Å². The maximum atomic E-state index is 5.96. The second-order valence-corrected chi connectivity index (χ2v) is 10.8. The van der Waals surface area contributed by atoms with Crippen molar-refractivity contribution in [3.8, 4) is 0 Å². The number of halogens is 1. The molecule has 3 heterocycles. The number of methoxy groups -OCH3 is 1. The maximum Gasteiger partial charge on any atom is 0.0927 e. The third kappa shape index (κ3) is 10.9. The van der Waals surface area contributed by atoms with Gasteiger partial charge in [-0.05, 0) is 56.5 Å². The summed E-state index contributed by atoms with van der Waals surface area (Å²) in [6, 6.07) is 17.8. The summed E-state index contributed by atoms with van der Waals surface area (Å²) in [5.41, 5.74) is 6.74. The van der Waals surface area contributed by atoms with Gasteiger partial charge in [0.1, 0.15) is 0 Å². The standard InChI is InChI=1S/C23H28N4.C9H12ClNO.2C2H6/c1-18(2)27-15-13-26(14-16-27)17-20-9-7-19(8-10-20)11-12-23-21-5-3-4-6-22(21)24-25-23;1-6-4-11-5-8(10)9(6)7(2)12-3;2*1-2/h3-12,18H,13-17H2,1-2H3,(H,24,25);4-5,7H,1-3H3;2*1-2H3/b12-11+;;;. The van der Waals surface area contributed by atoms with Crippen LogP contribution in [0.2, 0.25) is 5.02 Å². The number of nitrogens with zero attached hydrogens (tertiary/aromatic N) is 4. The minimum atomic E-state index is 0.0282. The van der Waals surface area contributed by atoms with Crippen molar-refractivity contribution in [1.82, 2.24) is 25.0 Å². The Hall–Kier alpha value is -3.03. The Labute approximate surface area is 265 Å². The van der Waals surface area contributed by atoms with Gasteiger partial charge in [-0.3, -0.25) is 19.9 Å². The van der Waals surface area contributed by atoms with Gasteiger partial charge < -0.3 is 4.74 Å². The summed E-state index contributed by atoms with van der Waals surface area (Å²) in [6.07, 6.45) is 7.67. The number of aromatic amines is 1. The molecule has 0 bridgehead atoms. The highest BCUT2D eigenvalue weighted by Crippen LogP contribution is 2.26. The van der Waals surface area contributed by atoms with Crippen LogP contribution in [0.5, 0.6) is 0 Å². The third-order valence-corrected chi connectivity index (χ3v) is 7.66. The molecule has 6 nitrogen and oxygen atoms in total. The monoisotopic (exact) mass is 605 g/mol. The van der Waals surface area contributed by atoms with Gasteiger partial charge >= 0.3 is 0 Å². The van der Waals surface area contributed by atoms with Crippen LogP contribution in [-0.2, 0) is 11.3 Å². The summed E-state index contributed by atoms with van der Waals surface area (Å²) in [5.74, 6) is 0. The molecule has 4 aromatic rings. The van der Waals surface area contributed by atoms with Crippen molar-refractivity contribution in [2.45, 2.75) is 74.1 Å². The van der Waals surface area contributed by atoms with E-state index in [0.29, 0.717) is 11.1 Å². The Balaban J connectivity index is 0.000000339. The Kier molecular flexibility index (Phi) is 16.2. The van der Waals surface area contributed by atoms with Crippen molar-refractivity contribution in [2.75, 3.05) is 33.3 Å². The normalized spacial score (nSPS) is 14.4. The molecule has 1 N–H and O–H groups in total. The number of nitrogens with one attached hydrogen (secondary N) is 1. The number of rotatable bonds is 7. The Bertz CT molecular complexity index is 1340. The molecule has 2 aromatic carbocycles. The van der Waals surface area contributed by atoms with Crippen molar-refractivity contribution in [3.63, 3.8) is 0 Å². The molecule has 0 amide bonds. The largest absolute Gasteiger partial charge is 0.377 e. The van der Waals surface area contributed by atoms with E-state index in [1.54, 1.807) is 19.5 Å². The lowest BCUT2D eigenvalue weighted by atomic mass is 10.1. The van der Waals surface area contributed by atoms with E-state index in [1.165, 1.54) is 24.2 Å². The van der Waals surface area contributed by atoms with Crippen molar-refractivity contribution < 1.29 is 4.74 Å². The molecule has 5 rings (SSSR count). The topological polar surface area (TPSA) is 57.3 Å². The number of benzene rings is 2. The van der Waals surface area contributed by atoms with Crippen LogP contribution in [0.15, 0.2) is 60.9 Å². The van der Waals surface area contributed by atoms with Crippen LogP contribution in [0.4, 0.5) is 0 Å². The molecule has 0 aliphatic carbocycles. The fourth-order valence-corrected chi connectivity index (χ4v) is 5.25. The second-order valence-electron chi connectivity index (χ2n) is 10.4. The van der Waals surface area contributed by atoms with Gasteiger partial charge in [0.25, 0.3) is 0 Å². The van der Waals surface area contributed by atoms with Gasteiger partial charge in [0.15, 0.2) is 0 Å². The lowest BCUT2D eigenvalue weighted by Gasteiger charge is -2.36. The molecular weight excluding hydrogens is 554 g/mol. The van der Waals surface area contributed by atoms with E-state index in [4.69, 9.17) is 16.3 Å². The molecule has 1 aliphatic rings. The number of fused-ring (bicyclic) bond motifs is 1. The zero-order valence-electron chi connectivity index (χ0n) is 27.7. The smallest absolute Gasteiger partial charge is 0.0927 e. The predicted octanol–water partition coefficient (Wildman–Crippen LogP) is 9.06.